The summed E-state index contributed by atoms with van der Waals surface area (Å²) >= 11 is 0. The highest BCUT2D eigenvalue weighted by Gasteiger charge is 2.36. The highest BCUT2D eigenvalue weighted by molar-refractivity contribution is 6.11. The molecule has 3 heterocycles. The van der Waals surface area contributed by atoms with Crippen LogP contribution in [0.1, 0.15) is 25.0 Å². The van der Waals surface area contributed by atoms with Crippen LogP contribution in [0.4, 0.5) is 0 Å². The molecule has 0 spiro atoms. The molecule has 5 aromatic carbocycles. The fraction of sp³-hybridized carbons (Fsp3) is 0.0789. The summed E-state index contributed by atoms with van der Waals surface area (Å²) in [6, 6.07) is 41.5. The van der Waals surface area contributed by atoms with E-state index in [1.807, 2.05) is 24.4 Å². The van der Waals surface area contributed by atoms with Crippen LogP contribution in [-0.4, -0.2) is 9.55 Å². The molecule has 0 N–H and O–H groups in total. The lowest BCUT2D eigenvalue weighted by atomic mass is 9.83. The number of nitrogens with zero attached hydrogens (tertiary/aromatic N) is 2. The first-order valence-electron chi connectivity index (χ1n) is 14.1. The predicted octanol–water partition coefficient (Wildman–Crippen LogP) is 10.1. The van der Waals surface area contributed by atoms with Crippen molar-refractivity contribution in [3.8, 4) is 28.1 Å². The number of rotatable bonds is 2. The van der Waals surface area contributed by atoms with Crippen molar-refractivity contribution in [1.82, 2.24) is 9.55 Å². The van der Waals surface area contributed by atoms with E-state index in [2.05, 4.69) is 115 Å². The third kappa shape index (κ3) is 3.06. The lowest BCUT2D eigenvalue weighted by molar-refractivity contribution is 0.659. The van der Waals surface area contributed by atoms with Crippen LogP contribution in [0.25, 0.3) is 71.8 Å². The first-order chi connectivity index (χ1) is 20.1. The van der Waals surface area contributed by atoms with Crippen molar-refractivity contribution >= 4 is 43.7 Å². The molecule has 0 bridgehead atoms. The minimum Gasteiger partial charge on any atom is -0.456 e. The molecule has 1 aliphatic rings. The van der Waals surface area contributed by atoms with Crippen molar-refractivity contribution in [1.29, 1.82) is 0 Å². The minimum atomic E-state index is -0.0609. The van der Waals surface area contributed by atoms with Crippen LogP contribution < -0.4 is 0 Å². The van der Waals surface area contributed by atoms with Gasteiger partial charge in [0, 0.05) is 44.4 Å². The van der Waals surface area contributed by atoms with Crippen LogP contribution in [0.5, 0.6) is 0 Å². The monoisotopic (exact) mass is 526 g/mol. The highest BCUT2D eigenvalue weighted by atomic mass is 16.3. The van der Waals surface area contributed by atoms with E-state index in [-0.39, 0.29) is 5.41 Å². The second-order valence-corrected chi connectivity index (χ2v) is 11.6. The summed E-state index contributed by atoms with van der Waals surface area (Å²) in [4.78, 5) is 4.81. The van der Waals surface area contributed by atoms with Crippen LogP contribution >= 0.6 is 0 Å². The summed E-state index contributed by atoms with van der Waals surface area (Å²) in [7, 11) is 0. The van der Waals surface area contributed by atoms with Gasteiger partial charge in [-0.05, 0) is 76.9 Å². The Morgan fingerprint density at radius 3 is 2.22 bits per heavy atom. The normalized spacial score (nSPS) is 13.8. The number of aromatic nitrogens is 2. The first kappa shape index (κ1) is 22.6. The zero-order valence-corrected chi connectivity index (χ0v) is 22.8. The molecular formula is C38H26N2O. The van der Waals surface area contributed by atoms with Gasteiger partial charge in [0.25, 0.3) is 0 Å². The summed E-state index contributed by atoms with van der Waals surface area (Å²) in [6.07, 6.45) is 1.91. The molecule has 0 unspecified atom stereocenters. The standard InChI is InChI=1S/C38H26N2O/c1-38(2)31-16-15-25(22-30(31)37-32(38)10-7-19-39-37)40-33-11-5-3-8-26(33)28-20-23(13-17-34(28)40)24-14-18-36-29(21-24)27-9-4-6-12-35(27)41-36/h3-22H,1-2H3. The van der Waals surface area contributed by atoms with E-state index in [1.165, 1.54) is 49.6 Å². The Balaban J connectivity index is 1.25. The maximum Gasteiger partial charge on any atom is 0.135 e. The van der Waals surface area contributed by atoms with Crippen LogP contribution in [0.3, 0.4) is 0 Å². The molecule has 9 rings (SSSR count). The van der Waals surface area contributed by atoms with Gasteiger partial charge in [-0.1, -0.05) is 74.5 Å². The molecule has 0 saturated carbocycles. The molecule has 3 nitrogen and oxygen atoms in total. The van der Waals surface area contributed by atoms with Crippen LogP contribution in [0.2, 0.25) is 0 Å². The summed E-state index contributed by atoms with van der Waals surface area (Å²) in [5.41, 5.74) is 12.7. The topological polar surface area (TPSA) is 31.0 Å². The van der Waals surface area contributed by atoms with E-state index in [4.69, 9.17) is 9.40 Å². The first-order valence-corrected chi connectivity index (χ1v) is 14.1. The third-order valence-electron chi connectivity index (χ3n) is 9.05. The molecule has 0 aliphatic heterocycles. The zero-order chi connectivity index (χ0) is 27.3. The van der Waals surface area contributed by atoms with E-state index in [1.54, 1.807) is 0 Å². The zero-order valence-electron chi connectivity index (χ0n) is 22.8. The predicted molar refractivity (Wildman–Crippen MR) is 169 cm³/mol. The quantitative estimate of drug-likeness (QED) is 0.224. The molecule has 1 aliphatic carbocycles. The molecule has 0 saturated heterocycles. The summed E-state index contributed by atoms with van der Waals surface area (Å²) in [6.45, 7) is 4.59. The largest absolute Gasteiger partial charge is 0.456 e. The van der Waals surface area contributed by atoms with Crippen molar-refractivity contribution in [3.63, 3.8) is 0 Å². The number of para-hydroxylation sites is 2. The number of benzene rings is 5. The van der Waals surface area contributed by atoms with Gasteiger partial charge in [-0.2, -0.15) is 0 Å². The van der Waals surface area contributed by atoms with Gasteiger partial charge in [0.2, 0.25) is 0 Å². The molecule has 41 heavy (non-hydrogen) atoms. The van der Waals surface area contributed by atoms with E-state index >= 15 is 0 Å². The SMILES string of the molecule is CC1(C)c2ccc(-n3c4ccccc4c4cc(-c5ccc6oc7ccccc7c6c5)ccc43)cc2-c2ncccc21. The summed E-state index contributed by atoms with van der Waals surface area (Å²) in [5, 5.41) is 4.79. The van der Waals surface area contributed by atoms with E-state index < -0.39 is 0 Å². The molecular weight excluding hydrogens is 500 g/mol. The minimum absolute atomic E-state index is 0.0609. The van der Waals surface area contributed by atoms with Crippen molar-refractivity contribution in [3.05, 3.63) is 133 Å². The van der Waals surface area contributed by atoms with E-state index in [9.17, 15) is 0 Å². The molecule has 0 fully saturated rings. The van der Waals surface area contributed by atoms with Crippen molar-refractivity contribution < 1.29 is 4.42 Å². The smallest absolute Gasteiger partial charge is 0.135 e. The average molecular weight is 527 g/mol. The number of fused-ring (bicyclic) bond motifs is 9. The highest BCUT2D eigenvalue weighted by Crippen LogP contribution is 2.48. The number of furan rings is 1. The molecule has 0 radical (unpaired) electrons. The van der Waals surface area contributed by atoms with Crippen LogP contribution in [-0.2, 0) is 5.41 Å². The van der Waals surface area contributed by atoms with E-state index in [0.29, 0.717) is 0 Å². The number of hydrogen-bond acceptors (Lipinski definition) is 2. The Bertz CT molecular complexity index is 2350. The van der Waals surface area contributed by atoms with Gasteiger partial charge in [-0.3, -0.25) is 4.98 Å². The van der Waals surface area contributed by atoms with Crippen molar-refractivity contribution in [2.45, 2.75) is 19.3 Å². The summed E-state index contributed by atoms with van der Waals surface area (Å²) in [5.74, 6) is 0. The van der Waals surface area contributed by atoms with Crippen LogP contribution in [0.15, 0.2) is 126 Å². The Hall–Kier alpha value is -5.15. The molecule has 3 heteroatoms. The van der Waals surface area contributed by atoms with Gasteiger partial charge >= 0.3 is 0 Å². The Labute approximate surface area is 237 Å². The van der Waals surface area contributed by atoms with E-state index in [0.717, 1.165) is 33.3 Å². The number of pyridine rings is 1. The van der Waals surface area contributed by atoms with Crippen molar-refractivity contribution in [2.24, 2.45) is 0 Å². The molecule has 3 aromatic heterocycles. The molecule has 0 atom stereocenters. The van der Waals surface area contributed by atoms with Gasteiger partial charge in [0.15, 0.2) is 0 Å². The lowest BCUT2D eigenvalue weighted by Gasteiger charge is -2.21. The van der Waals surface area contributed by atoms with Gasteiger partial charge in [-0.15, -0.1) is 0 Å². The van der Waals surface area contributed by atoms with Crippen molar-refractivity contribution in [2.75, 3.05) is 0 Å². The van der Waals surface area contributed by atoms with Gasteiger partial charge in [0.1, 0.15) is 11.2 Å². The molecule has 8 aromatic rings. The third-order valence-corrected chi connectivity index (χ3v) is 9.05. The summed E-state index contributed by atoms with van der Waals surface area (Å²) < 4.78 is 8.48. The van der Waals surface area contributed by atoms with Gasteiger partial charge < -0.3 is 8.98 Å². The molecule has 194 valence electrons. The Morgan fingerprint density at radius 1 is 0.585 bits per heavy atom. The maximum absolute atomic E-state index is 6.08. The Kier molecular flexibility index (Phi) is 4.39. The average Bonchev–Trinajstić information content (AvgIpc) is 3.62. The van der Waals surface area contributed by atoms with Gasteiger partial charge in [0.05, 0.1) is 16.7 Å². The van der Waals surface area contributed by atoms with Gasteiger partial charge in [-0.25, -0.2) is 0 Å². The van der Waals surface area contributed by atoms with Crippen LogP contribution in [0, 0.1) is 0 Å². The second kappa shape index (κ2) is 7.96. The molecule has 0 amide bonds. The number of hydrogen-bond donors (Lipinski definition) is 0. The fourth-order valence-corrected chi connectivity index (χ4v) is 7.02. The lowest BCUT2D eigenvalue weighted by Crippen LogP contribution is -2.15. The fourth-order valence-electron chi connectivity index (χ4n) is 7.02. The second-order valence-electron chi connectivity index (χ2n) is 11.6. The Morgan fingerprint density at radius 2 is 1.32 bits per heavy atom. The maximum atomic E-state index is 6.08.